The van der Waals surface area contributed by atoms with Crippen LogP contribution in [-0.2, 0) is 11.3 Å². The molecule has 2 aromatic carbocycles. The van der Waals surface area contributed by atoms with Gasteiger partial charge in [0.15, 0.2) is 0 Å². The number of amides is 2. The van der Waals surface area contributed by atoms with E-state index >= 15 is 0 Å². The Morgan fingerprint density at radius 3 is 2.74 bits per heavy atom. The van der Waals surface area contributed by atoms with Gasteiger partial charge >= 0.3 is 6.09 Å². The fraction of sp³-hybridized carbons (Fsp3) is 0.179. The van der Waals surface area contributed by atoms with Crippen LogP contribution in [0.2, 0.25) is 0 Å². The minimum Gasteiger partial charge on any atom is -0.444 e. The average molecular weight is 527 g/mol. The summed E-state index contributed by atoms with van der Waals surface area (Å²) in [5.41, 5.74) is 4.13. The van der Waals surface area contributed by atoms with E-state index in [1.165, 1.54) is 10.7 Å². The molecule has 39 heavy (non-hydrogen) atoms. The van der Waals surface area contributed by atoms with Gasteiger partial charge in [-0.3, -0.25) is 10.1 Å². The van der Waals surface area contributed by atoms with Gasteiger partial charge in [-0.15, -0.1) is 0 Å². The third-order valence-electron chi connectivity index (χ3n) is 6.44. The van der Waals surface area contributed by atoms with E-state index in [0.717, 1.165) is 11.1 Å². The number of hydrogen-bond acceptors (Lipinski definition) is 7. The van der Waals surface area contributed by atoms with Crippen LogP contribution in [-0.4, -0.2) is 37.9 Å². The molecule has 2 amide bonds. The van der Waals surface area contributed by atoms with E-state index in [0.29, 0.717) is 40.3 Å². The molecule has 1 fully saturated rings. The van der Waals surface area contributed by atoms with Crippen molar-refractivity contribution in [3.63, 3.8) is 0 Å². The second kappa shape index (κ2) is 10.0. The standard InChI is InChI=1S/C28H23FN6O4/c1-16-7-8-18(25-33-27(39-34-25)20-13-22(20)29)11-23(16)32-26(36)21-14-30-35-10-9-19(12-24(21)35)31-28(37)38-15-17-5-3-2-4-6-17/h2-12,14,20,22H,13,15H2,1H3,(H,31,37)(H,32,36)/t20?,22-/m0/s1. The predicted octanol–water partition coefficient (Wildman–Crippen LogP) is 5.52. The van der Waals surface area contributed by atoms with Crippen LogP contribution >= 0.6 is 0 Å². The lowest BCUT2D eigenvalue weighted by atomic mass is 10.1. The molecule has 11 heteroatoms. The van der Waals surface area contributed by atoms with Crippen molar-refractivity contribution in [1.29, 1.82) is 0 Å². The van der Waals surface area contributed by atoms with Crippen molar-refractivity contribution in [2.45, 2.75) is 32.0 Å². The first-order valence-corrected chi connectivity index (χ1v) is 12.3. The van der Waals surface area contributed by atoms with Crippen molar-refractivity contribution in [3.8, 4) is 11.4 Å². The number of carbonyl (C=O) groups is 2. The fourth-order valence-electron chi connectivity index (χ4n) is 4.12. The van der Waals surface area contributed by atoms with Crippen LogP contribution in [0.5, 0.6) is 0 Å². The van der Waals surface area contributed by atoms with E-state index in [1.807, 2.05) is 49.4 Å². The molecule has 0 aliphatic heterocycles. The van der Waals surface area contributed by atoms with Crippen LogP contribution in [0.3, 0.4) is 0 Å². The lowest BCUT2D eigenvalue weighted by Crippen LogP contribution is -2.14. The number of halogens is 1. The molecular formula is C28H23FN6O4. The quantitative estimate of drug-likeness (QED) is 0.286. The molecule has 3 aromatic heterocycles. The number of aromatic nitrogens is 4. The maximum absolute atomic E-state index is 13.4. The zero-order chi connectivity index (χ0) is 26.9. The molecule has 1 saturated carbocycles. The predicted molar refractivity (Wildman–Crippen MR) is 140 cm³/mol. The van der Waals surface area contributed by atoms with Crippen molar-refractivity contribution in [3.05, 3.63) is 95.6 Å². The Labute approximate surface area is 221 Å². The minimum atomic E-state index is -0.937. The molecular weight excluding hydrogens is 503 g/mol. The largest absolute Gasteiger partial charge is 0.444 e. The number of anilines is 2. The third-order valence-corrected chi connectivity index (χ3v) is 6.44. The highest BCUT2D eigenvalue weighted by molar-refractivity contribution is 6.09. The normalized spacial score (nSPS) is 16.2. The molecule has 196 valence electrons. The highest BCUT2D eigenvalue weighted by Crippen LogP contribution is 2.43. The van der Waals surface area contributed by atoms with Crippen LogP contribution in [0, 0.1) is 6.92 Å². The van der Waals surface area contributed by atoms with E-state index in [9.17, 15) is 14.0 Å². The number of benzene rings is 2. The second-order valence-corrected chi connectivity index (χ2v) is 9.29. The van der Waals surface area contributed by atoms with Crippen molar-refractivity contribution < 1.29 is 23.2 Å². The molecule has 0 radical (unpaired) electrons. The van der Waals surface area contributed by atoms with Crippen molar-refractivity contribution in [2.75, 3.05) is 10.6 Å². The number of nitrogens with zero attached hydrogens (tertiary/aromatic N) is 4. The average Bonchev–Trinajstić information content (AvgIpc) is 3.30. The van der Waals surface area contributed by atoms with Crippen LogP contribution in [0.15, 0.2) is 77.6 Å². The van der Waals surface area contributed by atoms with Crippen LogP contribution in [0.4, 0.5) is 20.6 Å². The first kappa shape index (κ1) is 24.3. The summed E-state index contributed by atoms with van der Waals surface area (Å²) in [4.78, 5) is 29.9. The SMILES string of the molecule is Cc1ccc(-c2noc(C3C[C@@H]3F)n2)cc1NC(=O)c1cnn2ccc(NC(=O)OCc3ccccc3)cc12. The lowest BCUT2D eigenvalue weighted by molar-refractivity contribution is 0.102. The Bertz CT molecular complexity index is 1680. The van der Waals surface area contributed by atoms with Gasteiger partial charge in [-0.05, 0) is 42.7 Å². The Balaban J connectivity index is 1.17. The molecule has 5 aromatic rings. The molecule has 10 nitrogen and oxygen atoms in total. The van der Waals surface area contributed by atoms with Gasteiger partial charge in [-0.25, -0.2) is 13.7 Å². The smallest absolute Gasteiger partial charge is 0.411 e. The van der Waals surface area contributed by atoms with Crippen LogP contribution in [0.25, 0.3) is 16.9 Å². The number of fused-ring (bicyclic) bond motifs is 1. The zero-order valence-corrected chi connectivity index (χ0v) is 20.8. The molecule has 1 aliphatic carbocycles. The lowest BCUT2D eigenvalue weighted by Gasteiger charge is -2.10. The monoisotopic (exact) mass is 526 g/mol. The fourth-order valence-corrected chi connectivity index (χ4v) is 4.12. The molecule has 1 aliphatic rings. The van der Waals surface area contributed by atoms with Gasteiger partial charge in [0.05, 0.1) is 23.2 Å². The third kappa shape index (κ3) is 5.19. The first-order valence-electron chi connectivity index (χ1n) is 12.3. The number of ether oxygens (including phenoxy) is 1. The van der Waals surface area contributed by atoms with E-state index in [1.54, 1.807) is 24.4 Å². The second-order valence-electron chi connectivity index (χ2n) is 9.29. The number of pyridine rings is 1. The molecule has 2 N–H and O–H groups in total. The molecule has 3 heterocycles. The Kier molecular flexibility index (Phi) is 6.23. The molecule has 0 spiro atoms. The summed E-state index contributed by atoms with van der Waals surface area (Å²) in [6, 6.07) is 18.0. The van der Waals surface area contributed by atoms with E-state index in [-0.39, 0.29) is 24.3 Å². The maximum Gasteiger partial charge on any atom is 0.411 e. The summed E-state index contributed by atoms with van der Waals surface area (Å²) in [5.74, 6) is -0.119. The summed E-state index contributed by atoms with van der Waals surface area (Å²) < 4.78 is 25.4. The van der Waals surface area contributed by atoms with E-state index in [2.05, 4.69) is 25.9 Å². The zero-order valence-electron chi connectivity index (χ0n) is 20.8. The summed E-state index contributed by atoms with van der Waals surface area (Å²) in [6.07, 6.45) is 1.93. The number of alkyl halides is 1. The number of nitrogens with one attached hydrogen (secondary N) is 2. The minimum absolute atomic E-state index is 0.135. The van der Waals surface area contributed by atoms with Gasteiger partial charge in [0.25, 0.3) is 5.91 Å². The highest BCUT2D eigenvalue weighted by Gasteiger charge is 2.43. The van der Waals surface area contributed by atoms with Gasteiger partial charge in [0.2, 0.25) is 11.7 Å². The number of rotatable bonds is 7. The number of carbonyl (C=O) groups excluding carboxylic acids is 2. The van der Waals surface area contributed by atoms with Gasteiger partial charge < -0.3 is 14.6 Å². The van der Waals surface area contributed by atoms with E-state index < -0.39 is 12.3 Å². The Morgan fingerprint density at radius 2 is 1.95 bits per heavy atom. The first-order chi connectivity index (χ1) is 18.9. The molecule has 1 unspecified atom stereocenters. The Hall–Kier alpha value is -5.06. The summed E-state index contributed by atoms with van der Waals surface area (Å²) in [5, 5.41) is 13.8. The van der Waals surface area contributed by atoms with Crippen molar-refractivity contribution >= 4 is 28.9 Å². The van der Waals surface area contributed by atoms with Gasteiger partial charge in [-0.2, -0.15) is 10.1 Å². The topological polar surface area (TPSA) is 124 Å². The number of hydrogen-bond donors (Lipinski definition) is 2. The number of aryl methyl sites for hydroxylation is 1. The summed E-state index contributed by atoms with van der Waals surface area (Å²) in [7, 11) is 0. The summed E-state index contributed by atoms with van der Waals surface area (Å²) >= 11 is 0. The highest BCUT2D eigenvalue weighted by atomic mass is 19.1. The molecule has 0 bridgehead atoms. The van der Waals surface area contributed by atoms with Gasteiger partial charge in [0.1, 0.15) is 12.8 Å². The van der Waals surface area contributed by atoms with Gasteiger partial charge in [-0.1, -0.05) is 47.6 Å². The summed E-state index contributed by atoms with van der Waals surface area (Å²) in [6.45, 7) is 1.99. The van der Waals surface area contributed by atoms with Crippen molar-refractivity contribution in [2.24, 2.45) is 0 Å². The molecule has 6 rings (SSSR count). The van der Waals surface area contributed by atoms with Gasteiger partial charge in [0, 0.05) is 23.1 Å². The van der Waals surface area contributed by atoms with E-state index in [4.69, 9.17) is 9.26 Å². The van der Waals surface area contributed by atoms with Crippen LogP contribution < -0.4 is 10.6 Å². The van der Waals surface area contributed by atoms with Crippen LogP contribution in [0.1, 0.15) is 39.7 Å². The molecule has 2 atom stereocenters. The Morgan fingerprint density at radius 1 is 1.13 bits per heavy atom. The maximum atomic E-state index is 13.4. The molecule has 0 saturated heterocycles. The van der Waals surface area contributed by atoms with Crippen molar-refractivity contribution in [1.82, 2.24) is 19.8 Å².